The summed E-state index contributed by atoms with van der Waals surface area (Å²) in [5, 5.41) is 5.87. The third-order valence-electron chi connectivity index (χ3n) is 11.7. The van der Waals surface area contributed by atoms with Crippen LogP contribution in [0.1, 0.15) is 92.8 Å². The molecule has 15 nitrogen and oxygen atoms in total. The highest BCUT2D eigenvalue weighted by Gasteiger charge is 2.68. The lowest BCUT2D eigenvalue weighted by Crippen LogP contribution is -2.58. The molecule has 19 heteroatoms. The number of urea groups is 1. The van der Waals surface area contributed by atoms with Crippen LogP contribution < -0.4 is 19.8 Å². The Labute approximate surface area is 359 Å². The lowest BCUT2D eigenvalue weighted by molar-refractivity contribution is -0.147. The fraction of sp³-hybridized carbons (Fsp3) is 0.419. The van der Waals surface area contributed by atoms with Gasteiger partial charge in [-0.2, -0.15) is 0 Å². The quantitative estimate of drug-likeness (QED) is 0.0789. The predicted molar refractivity (Wildman–Crippen MR) is 223 cm³/mol. The Morgan fingerprint density at radius 2 is 1.76 bits per heavy atom. The summed E-state index contributed by atoms with van der Waals surface area (Å²) < 4.78 is 56.5. The van der Waals surface area contributed by atoms with Crippen molar-refractivity contribution in [2.24, 2.45) is 0 Å². The summed E-state index contributed by atoms with van der Waals surface area (Å²) in [7, 11) is -4.50. The minimum absolute atomic E-state index is 0.0315. The minimum Gasteiger partial charge on any atom is -0.465 e. The van der Waals surface area contributed by atoms with Gasteiger partial charge in [0.15, 0.2) is 0 Å². The Morgan fingerprint density at radius 1 is 1.00 bits per heavy atom. The number of nitrogens with zero attached hydrogens (tertiary/aromatic N) is 4. The van der Waals surface area contributed by atoms with Gasteiger partial charge in [-0.3, -0.25) is 33.5 Å². The molecule has 1 spiro atoms. The molecule has 2 aromatic heterocycles. The number of thiophene rings is 1. The Balaban J connectivity index is 0.998. The van der Waals surface area contributed by atoms with Crippen LogP contribution in [-0.2, 0) is 28.5 Å². The number of hydrogen-bond acceptors (Lipinski definition) is 11. The number of carbonyl (C=O) groups excluding carboxylic acids is 6. The van der Waals surface area contributed by atoms with Crippen molar-refractivity contribution >= 4 is 70.3 Å². The molecule has 1 aliphatic carbocycles. The largest absolute Gasteiger partial charge is 0.465 e. The maximum Gasteiger partial charge on any atom is 0.355 e. The summed E-state index contributed by atoms with van der Waals surface area (Å²) >= 11 is 1.11. The van der Waals surface area contributed by atoms with Crippen LogP contribution in [0.15, 0.2) is 73.1 Å². The molecule has 8 rings (SSSR count). The zero-order valence-electron chi connectivity index (χ0n) is 34.0. The van der Waals surface area contributed by atoms with Crippen molar-refractivity contribution in [3.63, 3.8) is 0 Å². The van der Waals surface area contributed by atoms with Crippen molar-refractivity contribution in [1.29, 1.82) is 0 Å². The van der Waals surface area contributed by atoms with E-state index in [1.54, 1.807) is 24.3 Å². The van der Waals surface area contributed by atoms with Crippen molar-refractivity contribution < 1.29 is 51.4 Å². The van der Waals surface area contributed by atoms with Gasteiger partial charge in [0, 0.05) is 16.8 Å². The van der Waals surface area contributed by atoms with Crippen LogP contribution >= 0.6 is 18.9 Å². The number of carbonyl (C=O) groups is 6. The fourth-order valence-corrected chi connectivity index (χ4v) is 11.4. The van der Waals surface area contributed by atoms with E-state index in [-0.39, 0.29) is 60.2 Å². The second kappa shape index (κ2) is 17.3. The highest BCUT2D eigenvalue weighted by atomic mass is 32.1. The molecule has 62 heavy (non-hydrogen) atoms. The molecular weight excluding hydrogens is 846 g/mol. The summed E-state index contributed by atoms with van der Waals surface area (Å²) in [4.78, 5) is 89.9. The number of hydrogen-bond donors (Lipinski definition) is 2. The number of para-hydroxylation sites is 1. The van der Waals surface area contributed by atoms with Crippen LogP contribution in [0, 0.1) is 5.82 Å². The first-order valence-electron chi connectivity index (χ1n) is 20.7. The Morgan fingerprint density at radius 3 is 2.48 bits per heavy atom. The normalized spacial score (nSPS) is 22.7. The zero-order valence-corrected chi connectivity index (χ0v) is 35.7. The van der Waals surface area contributed by atoms with Crippen molar-refractivity contribution in [2.45, 2.75) is 107 Å². The summed E-state index contributed by atoms with van der Waals surface area (Å²) in [6, 6.07) is 10.5. The van der Waals surface area contributed by atoms with Crippen LogP contribution in [-0.4, -0.2) is 86.7 Å². The number of halogens is 2. The number of alkyl halides is 1. The van der Waals surface area contributed by atoms with Crippen molar-refractivity contribution in [2.75, 3.05) is 11.5 Å². The van der Waals surface area contributed by atoms with E-state index in [4.69, 9.17) is 9.26 Å². The van der Waals surface area contributed by atoms with E-state index in [1.807, 2.05) is 6.92 Å². The van der Waals surface area contributed by atoms with Crippen molar-refractivity contribution in [1.82, 2.24) is 25.2 Å². The van der Waals surface area contributed by atoms with E-state index < -0.39 is 78.5 Å². The predicted octanol–water partition coefficient (Wildman–Crippen LogP) is 7.17. The van der Waals surface area contributed by atoms with Gasteiger partial charge >= 0.3 is 19.5 Å². The number of benzene rings is 2. The molecule has 5 heterocycles. The lowest BCUT2D eigenvalue weighted by Gasteiger charge is -2.36. The highest BCUT2D eigenvalue weighted by Crippen LogP contribution is 2.58. The number of fused-ring (bicyclic) bond motifs is 2. The van der Waals surface area contributed by atoms with E-state index in [1.165, 1.54) is 48.4 Å². The summed E-state index contributed by atoms with van der Waals surface area (Å²) in [5.41, 5.74) is -1.54. The number of nitrogens with one attached hydrogen (secondary N) is 2. The van der Waals surface area contributed by atoms with Crippen molar-refractivity contribution in [3.8, 4) is 5.75 Å². The number of aromatic nitrogens is 1. The molecule has 1 saturated carbocycles. The van der Waals surface area contributed by atoms with E-state index >= 15 is 4.39 Å². The summed E-state index contributed by atoms with van der Waals surface area (Å²) in [5.74, 6) is -6.00. The third kappa shape index (κ3) is 8.11. The molecule has 2 aromatic carbocycles. The van der Waals surface area contributed by atoms with Gasteiger partial charge in [-0.05, 0) is 93.2 Å². The molecule has 6 amide bonds. The number of amides is 6. The molecular formula is C43H45F2N6O9PS. The van der Waals surface area contributed by atoms with E-state index in [9.17, 15) is 37.7 Å². The molecule has 4 aromatic rings. The second-order valence-corrected chi connectivity index (χ2v) is 19.2. The average Bonchev–Trinajstić information content (AvgIpc) is 3.65. The molecule has 2 N–H and O–H groups in total. The number of pyridine rings is 1. The molecule has 2 unspecified atom stereocenters. The molecule has 4 fully saturated rings. The Hall–Kier alpha value is -5.58. The Kier molecular flexibility index (Phi) is 12.0. The van der Waals surface area contributed by atoms with Gasteiger partial charge in [0.05, 0.1) is 29.6 Å². The van der Waals surface area contributed by atoms with Crippen LogP contribution in [0.25, 0.3) is 10.1 Å². The first-order valence-corrected chi connectivity index (χ1v) is 23.2. The average molecular weight is 891 g/mol. The van der Waals surface area contributed by atoms with E-state index in [0.29, 0.717) is 42.2 Å². The number of ether oxygens (including phenoxy) is 1. The SMILES string of the molecule is CCCOC(=O)[C@H](C)NP(=O)(Oc1ccccc1)C(F)c1ccc2sc(C(=O)N[C@H]3CCCC[C@H]4CC[C@@H](C(=O)N5C(=O)N(c6cncc(F)c6)C(=O)C56CC6)N4C3=O)cc2c1. The Bertz CT molecular complexity index is 2490. The van der Waals surface area contributed by atoms with E-state index in [2.05, 4.69) is 15.4 Å². The topological polar surface area (TPSA) is 185 Å². The van der Waals surface area contributed by atoms with Crippen LogP contribution in [0.3, 0.4) is 0 Å². The van der Waals surface area contributed by atoms with Crippen LogP contribution in [0.4, 0.5) is 19.3 Å². The molecule has 0 radical (unpaired) electrons. The van der Waals surface area contributed by atoms with Gasteiger partial charge in [-0.15, -0.1) is 11.3 Å². The smallest absolute Gasteiger partial charge is 0.355 e. The number of imide groups is 2. The van der Waals surface area contributed by atoms with Crippen LogP contribution in [0.5, 0.6) is 5.75 Å². The number of esters is 1. The van der Waals surface area contributed by atoms with Gasteiger partial charge in [0.1, 0.15) is 35.2 Å². The molecule has 326 valence electrons. The standard InChI is InChI=1S/C43H45F2N6O9PS/c1-3-19-59-40(55)25(2)48-61(58,60-31-10-5-4-6-11-31)36(45)26-13-16-34-27(20-26)21-35(62-34)37(52)47-32-12-8-7-9-29-14-15-33(49(29)38(32)53)39(54)51-42(57)50(41(56)43(51)17-18-43)30-22-28(44)23-46-24-30/h4-6,10-11,13,16,20-25,29,32-33,36H,3,7-9,12,14-15,17-19H2,1-2H3,(H,47,52)(H,48,58)/t25-,29-,32-,33-,36?,61?/m0/s1. The molecule has 3 saturated heterocycles. The third-order valence-corrected chi connectivity index (χ3v) is 15.0. The first-order chi connectivity index (χ1) is 29.7. The van der Waals surface area contributed by atoms with Gasteiger partial charge in [0.25, 0.3) is 17.7 Å². The maximum absolute atomic E-state index is 16.6. The number of rotatable bonds is 13. The zero-order chi connectivity index (χ0) is 43.9. The molecule has 6 atom stereocenters. The summed E-state index contributed by atoms with van der Waals surface area (Å²) in [6.45, 7) is 3.36. The van der Waals surface area contributed by atoms with Crippen molar-refractivity contribution in [3.05, 3.63) is 89.3 Å². The summed E-state index contributed by atoms with van der Waals surface area (Å²) in [6.07, 6.45) is 6.12. The van der Waals surface area contributed by atoms with Crippen LogP contribution in [0.2, 0.25) is 0 Å². The van der Waals surface area contributed by atoms with E-state index in [0.717, 1.165) is 33.4 Å². The molecule has 4 aliphatic rings. The number of anilines is 1. The second-order valence-electron chi connectivity index (χ2n) is 16.1. The lowest BCUT2D eigenvalue weighted by atomic mass is 9.99. The fourth-order valence-electron chi connectivity index (χ4n) is 8.52. The molecule has 0 bridgehead atoms. The first kappa shape index (κ1) is 43.1. The minimum atomic E-state index is -4.50. The van der Waals surface area contributed by atoms with Gasteiger partial charge in [-0.25, -0.2) is 28.5 Å². The van der Waals surface area contributed by atoms with Gasteiger partial charge in [0.2, 0.25) is 11.8 Å². The highest BCUT2D eigenvalue weighted by molar-refractivity contribution is 7.57. The molecule has 3 aliphatic heterocycles. The maximum atomic E-state index is 16.6. The van der Waals surface area contributed by atoms with Gasteiger partial charge in [-0.1, -0.05) is 44.0 Å². The van der Waals surface area contributed by atoms with Gasteiger partial charge < -0.3 is 19.5 Å². The monoisotopic (exact) mass is 890 g/mol.